The molecule has 1 saturated heterocycles. The second-order valence-corrected chi connectivity index (χ2v) is 6.31. The average molecular weight is 367 g/mol. The lowest BCUT2D eigenvalue weighted by molar-refractivity contribution is -0.132. The Balaban J connectivity index is 1.72. The van der Waals surface area contributed by atoms with Gasteiger partial charge in [0.15, 0.2) is 0 Å². The molecule has 7 nitrogen and oxygen atoms in total. The number of amides is 3. The van der Waals surface area contributed by atoms with Crippen LogP contribution in [-0.4, -0.2) is 31.4 Å². The predicted molar refractivity (Wildman–Crippen MR) is 103 cm³/mol. The number of hydrogen-bond donors (Lipinski definition) is 2. The van der Waals surface area contributed by atoms with Crippen molar-refractivity contribution >= 4 is 34.8 Å². The van der Waals surface area contributed by atoms with E-state index in [1.807, 2.05) is 19.1 Å². The number of nitrogens with one attached hydrogen (secondary N) is 2. The van der Waals surface area contributed by atoms with Crippen LogP contribution >= 0.6 is 0 Å². The number of aryl methyl sites for hydroxylation is 1. The van der Waals surface area contributed by atoms with E-state index in [0.717, 1.165) is 12.0 Å². The van der Waals surface area contributed by atoms with Crippen LogP contribution in [0, 0.1) is 6.92 Å². The lowest BCUT2D eigenvalue weighted by Gasteiger charge is -2.20. The third-order valence-corrected chi connectivity index (χ3v) is 4.32. The maximum atomic E-state index is 12.2. The molecule has 2 N–H and O–H groups in total. The van der Waals surface area contributed by atoms with Gasteiger partial charge in [0.2, 0.25) is 5.91 Å². The Morgan fingerprint density at radius 2 is 1.63 bits per heavy atom. The van der Waals surface area contributed by atoms with E-state index in [1.54, 1.807) is 35.2 Å². The number of methoxy groups -OCH3 is 1. The van der Waals surface area contributed by atoms with Crippen LogP contribution in [0.25, 0.3) is 0 Å². The van der Waals surface area contributed by atoms with Crippen molar-refractivity contribution in [3.05, 3.63) is 48.0 Å². The topological polar surface area (TPSA) is 87.7 Å². The van der Waals surface area contributed by atoms with Crippen LogP contribution in [0.5, 0.6) is 5.75 Å². The molecule has 0 saturated carbocycles. The van der Waals surface area contributed by atoms with Gasteiger partial charge in [-0.2, -0.15) is 0 Å². The molecule has 2 aromatic rings. The lowest BCUT2D eigenvalue weighted by atomic mass is 10.2. The van der Waals surface area contributed by atoms with Crippen molar-refractivity contribution in [3.63, 3.8) is 0 Å². The fourth-order valence-electron chi connectivity index (χ4n) is 2.89. The molecule has 140 valence electrons. The second-order valence-electron chi connectivity index (χ2n) is 6.31. The molecular formula is C20H21N3O4. The van der Waals surface area contributed by atoms with Crippen molar-refractivity contribution in [1.82, 2.24) is 0 Å². The zero-order valence-corrected chi connectivity index (χ0v) is 15.2. The lowest BCUT2D eigenvalue weighted by Crippen LogP contribution is -2.29. The molecule has 27 heavy (non-hydrogen) atoms. The summed E-state index contributed by atoms with van der Waals surface area (Å²) in [7, 11) is 1.52. The zero-order valence-electron chi connectivity index (χ0n) is 15.2. The molecule has 3 amide bonds. The number of anilines is 3. The van der Waals surface area contributed by atoms with E-state index >= 15 is 0 Å². The van der Waals surface area contributed by atoms with Gasteiger partial charge in [-0.05, 0) is 43.7 Å². The van der Waals surface area contributed by atoms with Crippen molar-refractivity contribution in [2.24, 2.45) is 0 Å². The van der Waals surface area contributed by atoms with Crippen LogP contribution in [0.4, 0.5) is 17.1 Å². The summed E-state index contributed by atoms with van der Waals surface area (Å²) in [5, 5.41) is 5.11. The van der Waals surface area contributed by atoms with Gasteiger partial charge in [0.05, 0.1) is 12.8 Å². The summed E-state index contributed by atoms with van der Waals surface area (Å²) >= 11 is 0. The molecule has 0 unspecified atom stereocenters. The number of nitrogens with zero attached hydrogens (tertiary/aromatic N) is 1. The van der Waals surface area contributed by atoms with Crippen LogP contribution in [0.3, 0.4) is 0 Å². The fraction of sp³-hybridized carbons (Fsp3) is 0.250. The van der Waals surface area contributed by atoms with Crippen molar-refractivity contribution in [3.8, 4) is 5.75 Å². The molecule has 0 atom stereocenters. The monoisotopic (exact) mass is 367 g/mol. The largest absolute Gasteiger partial charge is 0.495 e. The molecule has 0 radical (unpaired) electrons. The van der Waals surface area contributed by atoms with Crippen LogP contribution in [0.15, 0.2) is 42.5 Å². The molecular weight excluding hydrogens is 346 g/mol. The average Bonchev–Trinajstić information content (AvgIpc) is 3.09. The highest BCUT2D eigenvalue weighted by atomic mass is 16.5. The maximum absolute atomic E-state index is 12.2. The first-order chi connectivity index (χ1) is 13.0. The van der Waals surface area contributed by atoms with Crippen molar-refractivity contribution in [2.75, 3.05) is 29.2 Å². The molecule has 0 spiro atoms. The Labute approximate surface area is 157 Å². The first-order valence-electron chi connectivity index (χ1n) is 8.65. The minimum Gasteiger partial charge on any atom is -0.495 e. The Hall–Kier alpha value is -3.35. The Morgan fingerprint density at radius 3 is 2.22 bits per heavy atom. The highest BCUT2D eigenvalue weighted by Gasteiger charge is 2.25. The van der Waals surface area contributed by atoms with Crippen molar-refractivity contribution < 1.29 is 19.1 Å². The van der Waals surface area contributed by atoms with E-state index in [1.165, 1.54) is 7.11 Å². The fourth-order valence-corrected chi connectivity index (χ4v) is 2.89. The van der Waals surface area contributed by atoms with Crippen LogP contribution < -0.4 is 20.3 Å². The minimum absolute atomic E-state index is 0.00823. The van der Waals surface area contributed by atoms with Gasteiger partial charge in [-0.3, -0.25) is 14.4 Å². The van der Waals surface area contributed by atoms with E-state index in [4.69, 9.17) is 4.74 Å². The van der Waals surface area contributed by atoms with Gasteiger partial charge < -0.3 is 20.3 Å². The molecule has 0 bridgehead atoms. The molecule has 1 heterocycles. The normalized spacial score (nSPS) is 13.4. The zero-order chi connectivity index (χ0) is 19.4. The number of carbonyl (C=O) groups is 3. The Kier molecular flexibility index (Phi) is 5.40. The highest BCUT2D eigenvalue weighted by molar-refractivity contribution is 6.43. The first-order valence-corrected chi connectivity index (χ1v) is 8.65. The molecule has 0 aliphatic carbocycles. The molecule has 1 fully saturated rings. The highest BCUT2D eigenvalue weighted by Crippen LogP contribution is 2.34. The number of hydrogen-bond acceptors (Lipinski definition) is 4. The standard InChI is InChI=1S/C20H21N3O4/c1-13-5-7-14(8-6-13)21-19(25)20(26)22-15-9-10-17(27-2)16(12-15)23-11-3-4-18(23)24/h5-10,12H,3-4,11H2,1-2H3,(H,21,25)(H,22,26). The third-order valence-electron chi connectivity index (χ3n) is 4.32. The van der Waals surface area contributed by atoms with E-state index in [-0.39, 0.29) is 5.91 Å². The summed E-state index contributed by atoms with van der Waals surface area (Å²) in [5.41, 5.74) is 2.59. The third kappa shape index (κ3) is 4.25. The number of carbonyl (C=O) groups excluding carboxylic acids is 3. The Morgan fingerprint density at radius 1 is 1.00 bits per heavy atom. The van der Waals surface area contributed by atoms with E-state index in [2.05, 4.69) is 10.6 Å². The second kappa shape index (κ2) is 7.90. The number of rotatable bonds is 4. The van der Waals surface area contributed by atoms with Crippen molar-refractivity contribution in [2.45, 2.75) is 19.8 Å². The number of benzene rings is 2. The summed E-state index contributed by atoms with van der Waals surface area (Å²) in [6.07, 6.45) is 1.26. The van der Waals surface area contributed by atoms with Gasteiger partial charge in [-0.15, -0.1) is 0 Å². The summed E-state index contributed by atoms with van der Waals surface area (Å²) < 4.78 is 5.32. The SMILES string of the molecule is COc1ccc(NC(=O)C(=O)Nc2ccc(C)cc2)cc1N1CCCC1=O. The van der Waals surface area contributed by atoms with Gasteiger partial charge in [-0.25, -0.2) is 0 Å². The molecule has 0 aromatic heterocycles. The minimum atomic E-state index is -0.792. The van der Waals surface area contributed by atoms with Gasteiger partial charge in [0.25, 0.3) is 0 Å². The Bertz CT molecular complexity index is 877. The van der Waals surface area contributed by atoms with Gasteiger partial charge in [0, 0.05) is 24.3 Å². The van der Waals surface area contributed by atoms with Crippen LogP contribution in [-0.2, 0) is 14.4 Å². The van der Waals surface area contributed by atoms with E-state index in [0.29, 0.717) is 35.8 Å². The molecule has 2 aromatic carbocycles. The van der Waals surface area contributed by atoms with Crippen LogP contribution in [0.2, 0.25) is 0 Å². The summed E-state index contributed by atoms with van der Waals surface area (Å²) in [4.78, 5) is 38.0. The summed E-state index contributed by atoms with van der Waals surface area (Å²) in [6.45, 7) is 2.53. The first kappa shape index (κ1) is 18.4. The van der Waals surface area contributed by atoms with Gasteiger partial charge >= 0.3 is 11.8 Å². The molecule has 3 rings (SSSR count). The molecule has 1 aliphatic heterocycles. The van der Waals surface area contributed by atoms with Crippen LogP contribution in [0.1, 0.15) is 18.4 Å². The van der Waals surface area contributed by atoms with Crippen molar-refractivity contribution in [1.29, 1.82) is 0 Å². The predicted octanol–water partition coefficient (Wildman–Crippen LogP) is 2.71. The summed E-state index contributed by atoms with van der Waals surface area (Å²) in [5.74, 6) is -1.02. The summed E-state index contributed by atoms with van der Waals surface area (Å²) in [6, 6.07) is 12.1. The van der Waals surface area contributed by atoms with E-state index < -0.39 is 11.8 Å². The number of ether oxygens (including phenoxy) is 1. The molecule has 1 aliphatic rings. The quantitative estimate of drug-likeness (QED) is 0.814. The van der Waals surface area contributed by atoms with Gasteiger partial charge in [0.1, 0.15) is 5.75 Å². The smallest absolute Gasteiger partial charge is 0.314 e. The van der Waals surface area contributed by atoms with E-state index in [9.17, 15) is 14.4 Å². The van der Waals surface area contributed by atoms with Gasteiger partial charge in [-0.1, -0.05) is 17.7 Å². The maximum Gasteiger partial charge on any atom is 0.314 e. The molecule has 7 heteroatoms.